The van der Waals surface area contributed by atoms with E-state index < -0.39 is 0 Å². The van der Waals surface area contributed by atoms with Crippen LogP contribution in [0.15, 0.2) is 30.5 Å². The van der Waals surface area contributed by atoms with Gasteiger partial charge in [0.25, 0.3) is 0 Å². The minimum absolute atomic E-state index is 0.0791. The molecule has 1 amide bonds. The van der Waals surface area contributed by atoms with Crippen molar-refractivity contribution < 1.29 is 14.3 Å². The Kier molecular flexibility index (Phi) is 4.16. The lowest BCUT2D eigenvalue weighted by atomic mass is 9.89. The maximum atomic E-state index is 12.6. The number of benzene rings is 1. The molecule has 2 aromatic heterocycles. The highest BCUT2D eigenvalue weighted by molar-refractivity contribution is 7.13. The van der Waals surface area contributed by atoms with Crippen LogP contribution >= 0.6 is 11.5 Å². The van der Waals surface area contributed by atoms with E-state index in [-0.39, 0.29) is 18.6 Å². The van der Waals surface area contributed by atoms with Crippen LogP contribution in [0, 0.1) is 5.92 Å². The normalized spacial score (nSPS) is 16.6. The average Bonchev–Trinajstić information content (AvgIpc) is 3.34. The van der Waals surface area contributed by atoms with E-state index in [0.29, 0.717) is 5.82 Å². The molecule has 2 aliphatic rings. The van der Waals surface area contributed by atoms with E-state index in [9.17, 15) is 4.79 Å². The molecule has 0 unspecified atom stereocenters. The van der Waals surface area contributed by atoms with Crippen LogP contribution in [0.5, 0.6) is 11.5 Å². The van der Waals surface area contributed by atoms with Crippen LogP contribution in [0.2, 0.25) is 0 Å². The number of anilines is 1. The molecule has 1 aliphatic carbocycles. The molecule has 1 fully saturated rings. The zero-order valence-corrected chi connectivity index (χ0v) is 15.6. The lowest BCUT2D eigenvalue weighted by Gasteiger charge is -2.20. The van der Waals surface area contributed by atoms with Gasteiger partial charge >= 0.3 is 0 Å². The van der Waals surface area contributed by atoms with Crippen molar-refractivity contribution in [2.75, 3.05) is 12.1 Å². The molecular formula is C20H19N3O3S. The molecule has 3 heterocycles. The van der Waals surface area contributed by atoms with Crippen molar-refractivity contribution in [2.24, 2.45) is 5.92 Å². The molecule has 138 valence electrons. The quantitative estimate of drug-likeness (QED) is 0.717. The summed E-state index contributed by atoms with van der Waals surface area (Å²) in [7, 11) is 0. The molecule has 0 atom stereocenters. The van der Waals surface area contributed by atoms with Crippen LogP contribution in [0.25, 0.3) is 21.3 Å². The van der Waals surface area contributed by atoms with E-state index in [1.165, 1.54) is 18.0 Å². The van der Waals surface area contributed by atoms with Crippen LogP contribution in [-0.2, 0) is 4.79 Å². The molecule has 1 saturated carbocycles. The second-order valence-electron chi connectivity index (χ2n) is 7.00. The number of hydrogen-bond acceptors (Lipinski definition) is 6. The topological polar surface area (TPSA) is 73.3 Å². The second-order valence-corrected chi connectivity index (χ2v) is 7.75. The van der Waals surface area contributed by atoms with Gasteiger partial charge in [-0.15, -0.1) is 0 Å². The Hall–Kier alpha value is -2.67. The molecule has 1 aliphatic heterocycles. The predicted octanol–water partition coefficient (Wildman–Crippen LogP) is 4.61. The van der Waals surface area contributed by atoms with Gasteiger partial charge in [-0.3, -0.25) is 4.79 Å². The highest BCUT2D eigenvalue weighted by atomic mass is 32.1. The van der Waals surface area contributed by atoms with Crippen molar-refractivity contribution in [3.05, 3.63) is 30.5 Å². The van der Waals surface area contributed by atoms with Crippen LogP contribution in [0.4, 0.5) is 5.82 Å². The van der Waals surface area contributed by atoms with Gasteiger partial charge in [-0.25, -0.2) is 4.98 Å². The highest BCUT2D eigenvalue weighted by Crippen LogP contribution is 2.37. The van der Waals surface area contributed by atoms with E-state index in [2.05, 4.69) is 14.7 Å². The van der Waals surface area contributed by atoms with Gasteiger partial charge in [0.2, 0.25) is 12.7 Å². The third-order valence-electron chi connectivity index (χ3n) is 5.25. The number of fused-ring (bicyclic) bond motifs is 2. The zero-order chi connectivity index (χ0) is 18.2. The van der Waals surface area contributed by atoms with E-state index in [4.69, 9.17) is 9.47 Å². The SMILES string of the molecule is O=C(Nc1nsc2ncc(-c3ccc4c(c3)OCO4)cc12)C1CCCCC1. The smallest absolute Gasteiger partial charge is 0.231 e. The van der Waals surface area contributed by atoms with Gasteiger partial charge in [0.1, 0.15) is 4.83 Å². The van der Waals surface area contributed by atoms with Crippen LogP contribution < -0.4 is 14.8 Å². The van der Waals surface area contributed by atoms with Gasteiger partial charge in [0.15, 0.2) is 17.3 Å². The molecule has 5 rings (SSSR count). The maximum absolute atomic E-state index is 12.6. The summed E-state index contributed by atoms with van der Waals surface area (Å²) in [5.41, 5.74) is 1.94. The number of carbonyl (C=O) groups excluding carboxylic acids is 1. The molecule has 6 nitrogen and oxygen atoms in total. The average molecular weight is 381 g/mol. The molecule has 27 heavy (non-hydrogen) atoms. The molecular weight excluding hydrogens is 362 g/mol. The summed E-state index contributed by atoms with van der Waals surface area (Å²) in [6, 6.07) is 7.86. The maximum Gasteiger partial charge on any atom is 0.231 e. The van der Waals surface area contributed by atoms with Crippen molar-refractivity contribution in [3.8, 4) is 22.6 Å². The van der Waals surface area contributed by atoms with Crippen molar-refractivity contribution >= 4 is 33.5 Å². The number of nitrogens with one attached hydrogen (secondary N) is 1. The van der Waals surface area contributed by atoms with Crippen molar-refractivity contribution in [1.82, 2.24) is 9.36 Å². The molecule has 0 bridgehead atoms. The lowest BCUT2D eigenvalue weighted by Crippen LogP contribution is -2.24. The van der Waals surface area contributed by atoms with Gasteiger partial charge in [0.05, 0.1) is 5.39 Å². The Morgan fingerprint density at radius 1 is 1.07 bits per heavy atom. The first-order chi connectivity index (χ1) is 13.3. The lowest BCUT2D eigenvalue weighted by molar-refractivity contribution is -0.120. The Morgan fingerprint density at radius 3 is 2.81 bits per heavy atom. The largest absolute Gasteiger partial charge is 0.454 e. The van der Waals surface area contributed by atoms with Crippen LogP contribution in [-0.4, -0.2) is 22.1 Å². The molecule has 3 aromatic rings. The van der Waals surface area contributed by atoms with Gasteiger partial charge < -0.3 is 14.8 Å². The van der Waals surface area contributed by atoms with E-state index in [1.807, 2.05) is 30.5 Å². The van der Waals surface area contributed by atoms with Crippen molar-refractivity contribution in [1.29, 1.82) is 0 Å². The summed E-state index contributed by atoms with van der Waals surface area (Å²) < 4.78 is 15.3. The third kappa shape index (κ3) is 3.12. The minimum atomic E-state index is 0.0791. The van der Waals surface area contributed by atoms with Crippen LogP contribution in [0.3, 0.4) is 0 Å². The fourth-order valence-electron chi connectivity index (χ4n) is 3.74. The first kappa shape index (κ1) is 16.5. The summed E-state index contributed by atoms with van der Waals surface area (Å²) in [6.07, 6.45) is 7.25. The number of carbonyl (C=O) groups is 1. The highest BCUT2D eigenvalue weighted by Gasteiger charge is 2.23. The van der Waals surface area contributed by atoms with Gasteiger partial charge in [0, 0.05) is 17.7 Å². The summed E-state index contributed by atoms with van der Waals surface area (Å²) >= 11 is 1.31. The number of nitrogens with zero attached hydrogens (tertiary/aromatic N) is 2. The van der Waals surface area contributed by atoms with Crippen molar-refractivity contribution in [3.63, 3.8) is 0 Å². The Bertz CT molecular complexity index is 1010. The fraction of sp³-hybridized carbons (Fsp3) is 0.350. The minimum Gasteiger partial charge on any atom is -0.454 e. The summed E-state index contributed by atoms with van der Waals surface area (Å²) in [5, 5.41) is 3.91. The van der Waals surface area contributed by atoms with E-state index >= 15 is 0 Å². The van der Waals surface area contributed by atoms with Crippen molar-refractivity contribution in [2.45, 2.75) is 32.1 Å². The molecule has 7 heteroatoms. The number of hydrogen-bond donors (Lipinski definition) is 1. The van der Waals surface area contributed by atoms with Gasteiger partial charge in [-0.2, -0.15) is 4.37 Å². The third-order valence-corrected chi connectivity index (χ3v) is 6.03. The van der Waals surface area contributed by atoms with Gasteiger partial charge in [-0.05, 0) is 48.1 Å². The van der Waals surface area contributed by atoms with Crippen LogP contribution in [0.1, 0.15) is 32.1 Å². The predicted molar refractivity (Wildman–Crippen MR) is 104 cm³/mol. The second kappa shape index (κ2) is 6.81. The van der Waals surface area contributed by atoms with E-state index in [0.717, 1.165) is 58.5 Å². The summed E-state index contributed by atoms with van der Waals surface area (Å²) in [5.74, 6) is 2.28. The number of amides is 1. The standard InChI is InChI=1S/C20H19N3O3S/c24-19(12-4-2-1-3-5-12)22-18-15-8-14(10-21-20(15)27-23-18)13-6-7-16-17(9-13)26-11-25-16/h6-10,12H,1-5,11H2,(H,22,23,24). The molecule has 0 radical (unpaired) electrons. The number of aromatic nitrogens is 2. The number of ether oxygens (including phenoxy) is 2. The summed E-state index contributed by atoms with van der Waals surface area (Å²) in [6.45, 7) is 0.252. The monoisotopic (exact) mass is 381 g/mol. The first-order valence-electron chi connectivity index (χ1n) is 9.24. The molecule has 1 aromatic carbocycles. The number of rotatable bonds is 3. The Balaban J connectivity index is 1.45. The van der Waals surface area contributed by atoms with Gasteiger partial charge in [-0.1, -0.05) is 25.3 Å². The van der Waals surface area contributed by atoms with E-state index in [1.54, 1.807) is 0 Å². The molecule has 0 spiro atoms. The number of pyridine rings is 1. The Morgan fingerprint density at radius 2 is 1.93 bits per heavy atom. The Labute approximate surface area is 160 Å². The summed E-state index contributed by atoms with van der Waals surface area (Å²) in [4.78, 5) is 17.9. The zero-order valence-electron chi connectivity index (χ0n) is 14.7. The molecule has 1 N–H and O–H groups in total. The fourth-order valence-corrected chi connectivity index (χ4v) is 4.42. The molecule has 0 saturated heterocycles. The first-order valence-corrected chi connectivity index (χ1v) is 10.0.